The van der Waals surface area contributed by atoms with Crippen LogP contribution in [0.3, 0.4) is 0 Å². The third-order valence-corrected chi connectivity index (χ3v) is 11.2. The van der Waals surface area contributed by atoms with Gasteiger partial charge < -0.3 is 45.0 Å². The number of ether oxygens (including phenoxy) is 5. The zero-order chi connectivity index (χ0) is 50.6. The fourth-order valence-corrected chi connectivity index (χ4v) is 7.59. The van der Waals surface area contributed by atoms with Gasteiger partial charge >= 0.3 is 12.1 Å². The van der Waals surface area contributed by atoms with Gasteiger partial charge in [0.1, 0.15) is 24.0 Å². The van der Waals surface area contributed by atoms with Crippen molar-refractivity contribution in [1.82, 2.24) is 25.8 Å². The molecule has 2 unspecified atom stereocenters. The maximum atomic E-state index is 13.3. The molecule has 18 nitrogen and oxygen atoms in total. The molecule has 0 aliphatic carbocycles. The molecule has 3 aromatic rings. The van der Waals surface area contributed by atoms with Gasteiger partial charge in [-0.25, -0.2) is 4.79 Å². The molecule has 2 aromatic carbocycles. The molecule has 69 heavy (non-hydrogen) atoms. The van der Waals surface area contributed by atoms with E-state index in [1.54, 1.807) is 58.3 Å². The van der Waals surface area contributed by atoms with Crippen LogP contribution >= 0.6 is 11.8 Å². The molecule has 1 heterocycles. The Bertz CT molecular complexity index is 2120. The summed E-state index contributed by atoms with van der Waals surface area (Å²) in [5.74, 6) is -1.90. The molecule has 0 saturated carbocycles. The molecule has 0 saturated heterocycles. The van der Waals surface area contributed by atoms with Gasteiger partial charge in [-0.05, 0) is 68.7 Å². The van der Waals surface area contributed by atoms with Gasteiger partial charge in [0.25, 0.3) is 0 Å². The van der Waals surface area contributed by atoms with E-state index in [0.717, 1.165) is 28.3 Å². The van der Waals surface area contributed by atoms with Gasteiger partial charge in [0.15, 0.2) is 0 Å². The van der Waals surface area contributed by atoms with Crippen LogP contribution in [0.15, 0.2) is 54.7 Å². The van der Waals surface area contributed by atoms with E-state index >= 15 is 0 Å². The maximum Gasteiger partial charge on any atom is 0.408 e. The summed E-state index contributed by atoms with van der Waals surface area (Å²) in [5.41, 5.74) is 2.18. The van der Waals surface area contributed by atoms with Gasteiger partial charge in [-0.3, -0.25) is 38.1 Å². The Kier molecular flexibility index (Phi) is 26.3. The first-order valence-electron chi connectivity index (χ1n) is 23.4. The van der Waals surface area contributed by atoms with E-state index in [4.69, 9.17) is 23.7 Å². The molecule has 380 valence electrons. The minimum atomic E-state index is -1.02. The number of fused-ring (bicyclic) bond motifs is 1. The number of nitrogens with one attached hydrogen (secondary N) is 4. The van der Waals surface area contributed by atoms with E-state index in [1.807, 2.05) is 38.1 Å². The number of hydrogen-bond donors (Lipinski definition) is 4. The number of amides is 4. The summed E-state index contributed by atoms with van der Waals surface area (Å²) < 4.78 is 29.0. The van der Waals surface area contributed by atoms with Crippen molar-refractivity contribution in [2.24, 2.45) is 11.8 Å². The van der Waals surface area contributed by atoms with Gasteiger partial charge in [-0.2, -0.15) is 0 Å². The lowest BCUT2D eigenvalue weighted by Crippen LogP contribution is -2.44. The maximum absolute atomic E-state index is 13.3. The van der Waals surface area contributed by atoms with Crippen LogP contribution in [0.5, 0.6) is 0 Å². The van der Waals surface area contributed by atoms with Crippen molar-refractivity contribution < 1.29 is 62.0 Å². The number of carbonyl (C=O) groups excluding carboxylic acids is 8. The summed E-state index contributed by atoms with van der Waals surface area (Å²) in [4.78, 5) is 99.8. The number of nitrogens with zero attached hydrogens (tertiary/aromatic N) is 1. The number of aromatic nitrogens is 1. The molecule has 0 fully saturated rings. The molecule has 0 aliphatic heterocycles. The monoisotopic (exact) mass is 981 g/mol. The number of Topliss-reactive ketones (excluding diaryl/α,β-unsaturated/α-hetero) is 1. The highest BCUT2D eigenvalue weighted by molar-refractivity contribution is 8.14. The molecular weight excluding hydrogens is 911 g/mol. The molecular formula is C50H71N5O13S. The summed E-state index contributed by atoms with van der Waals surface area (Å²) in [6.07, 6.45) is 3.54. The number of ketones is 1. The molecule has 2 atom stereocenters. The summed E-state index contributed by atoms with van der Waals surface area (Å²) >= 11 is 0.786. The van der Waals surface area contributed by atoms with Crippen molar-refractivity contribution in [2.75, 3.05) is 65.5 Å². The second kappa shape index (κ2) is 31.5. The van der Waals surface area contributed by atoms with E-state index in [1.165, 1.54) is 4.57 Å². The predicted octanol–water partition coefficient (Wildman–Crippen LogP) is 4.87. The van der Waals surface area contributed by atoms with Crippen LogP contribution in [-0.4, -0.2) is 129 Å². The van der Waals surface area contributed by atoms with E-state index in [9.17, 15) is 38.4 Å². The summed E-state index contributed by atoms with van der Waals surface area (Å²) in [7, 11) is 1.58. The Labute approximate surface area is 409 Å². The van der Waals surface area contributed by atoms with Gasteiger partial charge in [0, 0.05) is 70.6 Å². The molecule has 4 N–H and O–H groups in total. The molecule has 0 spiro atoms. The van der Waals surface area contributed by atoms with Crippen LogP contribution in [0.4, 0.5) is 4.79 Å². The Hall–Kier alpha value is -5.63. The molecule has 0 bridgehead atoms. The first-order valence-corrected chi connectivity index (χ1v) is 24.4. The quantitative estimate of drug-likeness (QED) is 0.0362. The highest BCUT2D eigenvalue weighted by Crippen LogP contribution is 2.24. The number of carbonyl (C=O) groups is 8. The molecule has 0 aliphatic rings. The first-order chi connectivity index (χ1) is 33.0. The average molecular weight is 982 g/mol. The first kappa shape index (κ1) is 57.7. The minimum Gasteiger partial charge on any atom is -0.461 e. The molecule has 19 heteroatoms. The molecule has 4 amide bonds. The van der Waals surface area contributed by atoms with Crippen LogP contribution in [0.25, 0.3) is 10.9 Å². The summed E-state index contributed by atoms with van der Waals surface area (Å²) in [6, 6.07) is 13.4. The number of alkyl carbamates (subject to hydrolysis) is 1. The zero-order valence-electron chi connectivity index (χ0n) is 40.9. The average Bonchev–Trinajstić information content (AvgIpc) is 3.66. The Balaban J connectivity index is 1.19. The van der Waals surface area contributed by atoms with Crippen LogP contribution in [-0.2, 0) is 76.7 Å². The van der Waals surface area contributed by atoms with E-state index in [0.29, 0.717) is 89.5 Å². The number of hydrogen-bond acceptors (Lipinski definition) is 14. The highest BCUT2D eigenvalue weighted by Gasteiger charge is 2.28. The van der Waals surface area contributed by atoms with Crippen LogP contribution in [0.1, 0.15) is 89.8 Å². The number of benzene rings is 2. The number of thioether (sulfide) groups is 1. The van der Waals surface area contributed by atoms with Crippen molar-refractivity contribution in [3.8, 4) is 0 Å². The minimum absolute atomic E-state index is 0.00626. The zero-order valence-corrected chi connectivity index (χ0v) is 41.7. The third-order valence-electron chi connectivity index (χ3n) is 10.2. The SMILES string of the molecule is CNC(=O)Cc1ccc(COC(=O)C(CC(=O)CCC(=O)NCCCOCCOCCOCCCNC(=O)CSC(=O)C(Cc2cn(C=O)c3ccccc23)NC(=O)OC(C)(C)C)CC(C)C)cc1. The van der Waals surface area contributed by atoms with Crippen LogP contribution < -0.4 is 21.3 Å². The summed E-state index contributed by atoms with van der Waals surface area (Å²) in [6.45, 7) is 12.1. The smallest absolute Gasteiger partial charge is 0.408 e. The van der Waals surface area contributed by atoms with E-state index < -0.39 is 34.7 Å². The van der Waals surface area contributed by atoms with Crippen molar-refractivity contribution in [1.29, 1.82) is 0 Å². The van der Waals surface area contributed by atoms with E-state index in [-0.39, 0.29) is 73.9 Å². The predicted molar refractivity (Wildman–Crippen MR) is 262 cm³/mol. The highest BCUT2D eigenvalue weighted by atomic mass is 32.2. The second-order valence-corrected chi connectivity index (χ2v) is 18.8. The normalized spacial score (nSPS) is 12.2. The van der Waals surface area contributed by atoms with Gasteiger partial charge in [-0.1, -0.05) is 68.1 Å². The largest absolute Gasteiger partial charge is 0.461 e. The fraction of sp³-hybridized carbons (Fsp3) is 0.560. The second-order valence-electron chi connectivity index (χ2n) is 17.8. The summed E-state index contributed by atoms with van der Waals surface area (Å²) in [5, 5.41) is 11.1. The molecule has 1 aromatic heterocycles. The molecule has 3 rings (SSSR count). The van der Waals surface area contributed by atoms with Crippen molar-refractivity contribution in [2.45, 2.75) is 104 Å². The van der Waals surface area contributed by atoms with Gasteiger partial charge in [0.05, 0.1) is 50.0 Å². The van der Waals surface area contributed by atoms with Gasteiger partial charge in [0.2, 0.25) is 29.2 Å². The topological polar surface area (TPSA) is 236 Å². The Morgan fingerprint density at radius 3 is 1.99 bits per heavy atom. The third kappa shape index (κ3) is 24.0. The Morgan fingerprint density at radius 2 is 1.38 bits per heavy atom. The Morgan fingerprint density at radius 1 is 0.768 bits per heavy atom. The lowest BCUT2D eigenvalue weighted by molar-refractivity contribution is -0.152. The van der Waals surface area contributed by atoms with Crippen LogP contribution in [0.2, 0.25) is 0 Å². The van der Waals surface area contributed by atoms with Gasteiger partial charge in [-0.15, -0.1) is 0 Å². The number of esters is 1. The standard InChI is InChI=1S/C50H71N5O13S/c1-35(2)27-38(47(61)67-32-37-15-13-36(14-16-37)28-45(59)51-6)29-40(57)17-18-44(58)52-19-9-21-64-23-25-66-26-24-65-22-10-20-53-46(60)33-69-48(62)42(54-49(63)68-50(3,4)5)30-39-31-55(34-56)43-12-8-7-11-41(39)43/h7-8,11-16,31,34-35,38,42H,9-10,17-30,32-33H2,1-6H3,(H,51,59)(H,52,58)(H,53,60)(H,54,63). The van der Waals surface area contributed by atoms with E-state index in [2.05, 4.69) is 21.3 Å². The van der Waals surface area contributed by atoms with Crippen molar-refractivity contribution in [3.63, 3.8) is 0 Å². The molecule has 0 radical (unpaired) electrons. The number of rotatable bonds is 33. The number of para-hydroxylation sites is 1. The fourth-order valence-electron chi connectivity index (χ4n) is 6.87. The van der Waals surface area contributed by atoms with Crippen LogP contribution in [0, 0.1) is 11.8 Å². The van der Waals surface area contributed by atoms with Crippen molar-refractivity contribution in [3.05, 3.63) is 71.4 Å². The van der Waals surface area contributed by atoms with Crippen molar-refractivity contribution >= 4 is 69.8 Å². The number of likely N-dealkylation sites (N-methyl/N-ethyl adjacent to an activating group) is 1. The lowest BCUT2D eigenvalue weighted by Gasteiger charge is -2.23. The lowest BCUT2D eigenvalue weighted by atomic mass is 9.91.